The van der Waals surface area contributed by atoms with Gasteiger partial charge in [-0.2, -0.15) is 0 Å². The third-order valence-corrected chi connectivity index (χ3v) is 2.82. The van der Waals surface area contributed by atoms with Gasteiger partial charge in [0.15, 0.2) is 0 Å². The van der Waals surface area contributed by atoms with E-state index in [0.29, 0.717) is 17.0 Å². The zero-order valence-corrected chi connectivity index (χ0v) is 10.4. The monoisotopic (exact) mass is 267 g/mol. The van der Waals surface area contributed by atoms with Crippen molar-refractivity contribution in [2.75, 3.05) is 14.2 Å². The van der Waals surface area contributed by atoms with Crippen LogP contribution in [0.1, 0.15) is 0 Å². The number of nitrogens with zero attached hydrogens (tertiary/aromatic N) is 3. The van der Waals surface area contributed by atoms with Gasteiger partial charge in [0.1, 0.15) is 11.4 Å². The van der Waals surface area contributed by atoms with E-state index < -0.39 is 4.92 Å². The van der Waals surface area contributed by atoms with Crippen LogP contribution >= 0.6 is 11.5 Å². The molecule has 7 nitrogen and oxygen atoms in total. The molecule has 1 aromatic carbocycles. The molecule has 0 fully saturated rings. The Morgan fingerprint density at radius 2 is 2.11 bits per heavy atom. The number of hydrogen-bond acceptors (Lipinski definition) is 7. The quantitative estimate of drug-likeness (QED) is 0.623. The van der Waals surface area contributed by atoms with Gasteiger partial charge in [0.05, 0.1) is 30.8 Å². The second kappa shape index (κ2) is 4.96. The van der Waals surface area contributed by atoms with Crippen molar-refractivity contribution >= 4 is 17.2 Å². The molecule has 94 valence electrons. The Morgan fingerprint density at radius 1 is 1.33 bits per heavy atom. The van der Waals surface area contributed by atoms with Gasteiger partial charge in [-0.1, -0.05) is 4.49 Å². The fourth-order valence-corrected chi connectivity index (χ4v) is 1.98. The summed E-state index contributed by atoms with van der Waals surface area (Å²) in [5, 5.41) is 16.6. The van der Waals surface area contributed by atoms with Gasteiger partial charge in [-0.25, -0.2) is 0 Å². The average molecular weight is 267 g/mol. The zero-order chi connectivity index (χ0) is 13.1. The van der Waals surface area contributed by atoms with Crippen LogP contribution in [0.2, 0.25) is 0 Å². The molecule has 0 aliphatic heterocycles. The van der Waals surface area contributed by atoms with Crippen molar-refractivity contribution in [2.24, 2.45) is 0 Å². The average Bonchev–Trinajstić information content (AvgIpc) is 2.90. The maximum atomic E-state index is 11.0. The van der Waals surface area contributed by atoms with Gasteiger partial charge in [-0.3, -0.25) is 10.1 Å². The number of methoxy groups -OCH3 is 2. The van der Waals surface area contributed by atoms with Crippen LogP contribution in [0.15, 0.2) is 17.5 Å². The topological polar surface area (TPSA) is 87.4 Å². The highest BCUT2D eigenvalue weighted by Gasteiger charge is 2.23. The standard InChI is InChI=1S/C10H9N3O4S/c1-16-6-3-7(8-5-18-12-11-8)10(17-2)9(4-6)13(14)15/h3-5H,1-2H3. The van der Waals surface area contributed by atoms with E-state index in [1.54, 1.807) is 11.4 Å². The SMILES string of the molecule is COc1cc(-c2csnn2)c(OC)c([N+](=O)[O-])c1. The molecule has 2 aromatic rings. The second-order valence-electron chi connectivity index (χ2n) is 3.27. The lowest BCUT2D eigenvalue weighted by Crippen LogP contribution is -1.98. The van der Waals surface area contributed by atoms with E-state index >= 15 is 0 Å². The maximum absolute atomic E-state index is 11.0. The van der Waals surface area contributed by atoms with E-state index in [0.717, 1.165) is 11.5 Å². The summed E-state index contributed by atoms with van der Waals surface area (Å²) in [7, 11) is 2.81. The first-order chi connectivity index (χ1) is 8.67. The number of nitro groups is 1. The smallest absolute Gasteiger partial charge is 0.315 e. The van der Waals surface area contributed by atoms with E-state index in [9.17, 15) is 10.1 Å². The Morgan fingerprint density at radius 3 is 2.61 bits per heavy atom. The summed E-state index contributed by atoms with van der Waals surface area (Å²) in [5.74, 6) is 0.513. The van der Waals surface area contributed by atoms with E-state index in [1.807, 2.05) is 0 Å². The predicted molar refractivity (Wildman–Crippen MR) is 65.1 cm³/mol. The summed E-state index contributed by atoms with van der Waals surface area (Å²) >= 11 is 1.15. The fourth-order valence-electron chi connectivity index (χ4n) is 1.53. The molecule has 0 amide bonds. The molecule has 0 aliphatic rings. The van der Waals surface area contributed by atoms with Gasteiger partial charge in [0.2, 0.25) is 5.75 Å². The predicted octanol–water partition coefficient (Wildman–Crippen LogP) is 2.13. The Labute approximate surface area is 106 Å². The Bertz CT molecular complexity index is 571. The van der Waals surface area contributed by atoms with Crippen molar-refractivity contribution < 1.29 is 14.4 Å². The van der Waals surface area contributed by atoms with Gasteiger partial charge in [0, 0.05) is 5.38 Å². The minimum Gasteiger partial charge on any atom is -0.496 e. The summed E-state index contributed by atoms with van der Waals surface area (Å²) in [6.07, 6.45) is 0. The highest BCUT2D eigenvalue weighted by molar-refractivity contribution is 7.03. The molecular formula is C10H9N3O4S. The lowest BCUT2D eigenvalue weighted by molar-refractivity contribution is -0.385. The highest BCUT2D eigenvalue weighted by atomic mass is 32.1. The Kier molecular flexibility index (Phi) is 3.38. The van der Waals surface area contributed by atoms with Crippen LogP contribution in [0.4, 0.5) is 5.69 Å². The van der Waals surface area contributed by atoms with Crippen LogP contribution < -0.4 is 9.47 Å². The van der Waals surface area contributed by atoms with Crippen LogP contribution in [0.3, 0.4) is 0 Å². The molecule has 2 rings (SSSR count). The number of nitro benzene ring substituents is 1. The number of benzene rings is 1. The number of aromatic nitrogens is 2. The molecule has 0 bridgehead atoms. The van der Waals surface area contributed by atoms with E-state index in [2.05, 4.69) is 9.59 Å². The highest BCUT2D eigenvalue weighted by Crippen LogP contribution is 2.40. The molecule has 18 heavy (non-hydrogen) atoms. The summed E-state index contributed by atoms with van der Waals surface area (Å²) < 4.78 is 13.9. The first kappa shape index (κ1) is 12.2. The molecule has 0 radical (unpaired) electrons. The molecule has 0 N–H and O–H groups in total. The molecule has 1 heterocycles. The zero-order valence-electron chi connectivity index (χ0n) is 9.61. The van der Waals surface area contributed by atoms with Crippen LogP contribution in [0.25, 0.3) is 11.3 Å². The molecular weight excluding hydrogens is 258 g/mol. The van der Waals surface area contributed by atoms with E-state index in [4.69, 9.17) is 9.47 Å². The second-order valence-corrected chi connectivity index (χ2v) is 3.88. The van der Waals surface area contributed by atoms with E-state index in [1.165, 1.54) is 20.3 Å². The Balaban J connectivity index is 2.70. The lowest BCUT2D eigenvalue weighted by Gasteiger charge is -2.09. The van der Waals surface area contributed by atoms with Crippen LogP contribution in [-0.2, 0) is 0 Å². The third kappa shape index (κ3) is 2.09. The van der Waals surface area contributed by atoms with Crippen LogP contribution in [0, 0.1) is 10.1 Å². The summed E-state index contributed by atoms with van der Waals surface area (Å²) in [5.41, 5.74) is 0.830. The maximum Gasteiger partial charge on any atom is 0.315 e. The number of ether oxygens (including phenoxy) is 2. The molecule has 0 atom stereocenters. The molecule has 8 heteroatoms. The fraction of sp³-hybridized carbons (Fsp3) is 0.200. The van der Waals surface area contributed by atoms with Gasteiger partial charge < -0.3 is 9.47 Å². The summed E-state index contributed by atoms with van der Waals surface area (Å²) in [6.45, 7) is 0. The largest absolute Gasteiger partial charge is 0.496 e. The van der Waals surface area contributed by atoms with Crippen LogP contribution in [-0.4, -0.2) is 28.7 Å². The number of hydrogen-bond donors (Lipinski definition) is 0. The van der Waals surface area contributed by atoms with Gasteiger partial charge in [-0.05, 0) is 17.6 Å². The molecule has 0 spiro atoms. The van der Waals surface area contributed by atoms with E-state index in [-0.39, 0.29) is 11.4 Å². The summed E-state index contributed by atoms with van der Waals surface area (Å²) in [6, 6.07) is 2.94. The van der Waals surface area contributed by atoms with Gasteiger partial charge in [-0.15, -0.1) is 5.10 Å². The van der Waals surface area contributed by atoms with Crippen molar-refractivity contribution in [3.05, 3.63) is 27.6 Å². The van der Waals surface area contributed by atoms with Crippen molar-refractivity contribution in [2.45, 2.75) is 0 Å². The normalized spacial score (nSPS) is 10.1. The van der Waals surface area contributed by atoms with Crippen molar-refractivity contribution in [3.63, 3.8) is 0 Å². The molecule has 0 unspecified atom stereocenters. The first-order valence-electron chi connectivity index (χ1n) is 4.85. The van der Waals surface area contributed by atoms with Crippen molar-refractivity contribution in [1.82, 2.24) is 9.59 Å². The summed E-state index contributed by atoms with van der Waals surface area (Å²) in [4.78, 5) is 10.5. The molecule has 1 aromatic heterocycles. The third-order valence-electron chi connectivity index (χ3n) is 2.32. The minimum absolute atomic E-state index is 0.147. The van der Waals surface area contributed by atoms with Crippen LogP contribution in [0.5, 0.6) is 11.5 Å². The molecule has 0 saturated heterocycles. The molecule has 0 aliphatic carbocycles. The van der Waals surface area contributed by atoms with Crippen molar-refractivity contribution in [3.8, 4) is 22.8 Å². The lowest BCUT2D eigenvalue weighted by atomic mass is 10.1. The van der Waals surface area contributed by atoms with Crippen molar-refractivity contribution in [1.29, 1.82) is 0 Å². The minimum atomic E-state index is -0.523. The first-order valence-corrected chi connectivity index (χ1v) is 5.69. The Hall–Kier alpha value is -2.22. The van der Waals surface area contributed by atoms with Gasteiger partial charge >= 0.3 is 5.69 Å². The number of rotatable bonds is 4. The molecule has 0 saturated carbocycles. The van der Waals surface area contributed by atoms with Gasteiger partial charge in [0.25, 0.3) is 0 Å².